The maximum absolute atomic E-state index is 12.9. The molecule has 0 bridgehead atoms. The molecule has 1 N–H and O–H groups in total. The molecule has 2 rings (SSSR count). The summed E-state index contributed by atoms with van der Waals surface area (Å²) in [6.07, 6.45) is 4.27. The Hall–Kier alpha value is -1.45. The van der Waals surface area contributed by atoms with Crippen LogP contribution in [0.1, 0.15) is 18.7 Å². The highest BCUT2D eigenvalue weighted by Gasteiger charge is 2.01. The Labute approximate surface area is 124 Å². The van der Waals surface area contributed by atoms with Gasteiger partial charge in [-0.2, -0.15) is 0 Å². The summed E-state index contributed by atoms with van der Waals surface area (Å²) in [5, 5.41) is 3.38. The zero-order valence-corrected chi connectivity index (χ0v) is 12.7. The first-order chi connectivity index (χ1) is 9.65. The number of rotatable bonds is 6. The number of nitrogens with one attached hydrogen (secondary N) is 1. The molecule has 0 aliphatic carbocycles. The molecule has 0 spiro atoms. The second-order valence-electron chi connectivity index (χ2n) is 5.16. The molecule has 0 saturated carbocycles. The summed E-state index contributed by atoms with van der Waals surface area (Å²) in [6.45, 7) is 6.33. The van der Waals surface area contributed by atoms with Gasteiger partial charge in [0.1, 0.15) is 5.82 Å². The van der Waals surface area contributed by atoms with Crippen molar-refractivity contribution in [2.24, 2.45) is 5.92 Å². The predicted molar refractivity (Wildman–Crippen MR) is 86.5 cm³/mol. The van der Waals surface area contributed by atoms with E-state index in [-0.39, 0.29) is 5.82 Å². The Kier molecular flexibility index (Phi) is 5.50. The summed E-state index contributed by atoms with van der Waals surface area (Å²) < 4.78 is 12.9. The van der Waals surface area contributed by atoms with Crippen LogP contribution >= 0.6 is 11.3 Å². The van der Waals surface area contributed by atoms with Gasteiger partial charge >= 0.3 is 0 Å². The van der Waals surface area contributed by atoms with Gasteiger partial charge in [0.2, 0.25) is 0 Å². The molecule has 0 aliphatic rings. The summed E-state index contributed by atoms with van der Waals surface area (Å²) in [4.78, 5) is 2.38. The fourth-order valence-corrected chi connectivity index (χ4v) is 2.79. The van der Waals surface area contributed by atoms with Crippen LogP contribution in [0.4, 0.5) is 4.39 Å². The average molecular weight is 289 g/mol. The number of thiophene rings is 1. The minimum absolute atomic E-state index is 0.193. The van der Waals surface area contributed by atoms with Gasteiger partial charge in [-0.3, -0.25) is 0 Å². The van der Waals surface area contributed by atoms with Crippen molar-refractivity contribution in [1.82, 2.24) is 5.32 Å². The van der Waals surface area contributed by atoms with Crippen molar-refractivity contribution in [3.05, 3.63) is 53.2 Å². The first-order valence-corrected chi connectivity index (χ1v) is 7.70. The van der Waals surface area contributed by atoms with Crippen molar-refractivity contribution in [1.29, 1.82) is 0 Å². The third kappa shape index (κ3) is 4.58. The van der Waals surface area contributed by atoms with E-state index in [1.807, 2.05) is 12.1 Å². The van der Waals surface area contributed by atoms with Crippen LogP contribution in [0.5, 0.6) is 0 Å². The van der Waals surface area contributed by atoms with Crippen LogP contribution in [0.25, 0.3) is 16.5 Å². The van der Waals surface area contributed by atoms with E-state index in [0.717, 1.165) is 18.7 Å². The lowest BCUT2D eigenvalue weighted by molar-refractivity contribution is 0.577. The number of halogens is 1. The first kappa shape index (κ1) is 14.9. The third-order valence-corrected chi connectivity index (χ3v) is 3.95. The highest BCUT2D eigenvalue weighted by Crippen LogP contribution is 2.28. The highest BCUT2D eigenvalue weighted by atomic mass is 32.1. The van der Waals surface area contributed by atoms with Crippen molar-refractivity contribution < 1.29 is 4.39 Å². The summed E-state index contributed by atoms with van der Waals surface area (Å²) in [5.74, 6) is 0.483. The van der Waals surface area contributed by atoms with E-state index in [1.165, 1.54) is 21.9 Å². The Morgan fingerprint density at radius 2 is 1.90 bits per heavy atom. The Morgan fingerprint density at radius 1 is 1.15 bits per heavy atom. The molecule has 106 valence electrons. The molecule has 20 heavy (non-hydrogen) atoms. The minimum Gasteiger partial charge on any atom is -0.313 e. The molecule has 0 atom stereocenters. The van der Waals surface area contributed by atoms with Crippen LogP contribution in [0, 0.1) is 11.7 Å². The van der Waals surface area contributed by atoms with Crippen LogP contribution in [-0.2, 0) is 0 Å². The number of hydrogen-bond acceptors (Lipinski definition) is 2. The van der Waals surface area contributed by atoms with Crippen LogP contribution in [0.2, 0.25) is 0 Å². The monoisotopic (exact) mass is 289 g/mol. The Bertz CT molecular complexity index is 555. The van der Waals surface area contributed by atoms with Gasteiger partial charge in [0.15, 0.2) is 0 Å². The molecule has 0 unspecified atom stereocenters. The number of hydrogen-bond donors (Lipinski definition) is 1. The van der Waals surface area contributed by atoms with Crippen molar-refractivity contribution in [3.63, 3.8) is 0 Å². The van der Waals surface area contributed by atoms with E-state index in [0.29, 0.717) is 5.92 Å². The van der Waals surface area contributed by atoms with E-state index in [2.05, 4.69) is 43.4 Å². The quantitative estimate of drug-likeness (QED) is 0.752. The predicted octanol–water partition coefficient (Wildman–Crippen LogP) is 4.81. The topological polar surface area (TPSA) is 12.0 Å². The molecule has 0 saturated heterocycles. The summed E-state index contributed by atoms with van der Waals surface area (Å²) >= 11 is 1.72. The Morgan fingerprint density at radius 3 is 2.60 bits per heavy atom. The maximum atomic E-state index is 12.9. The molecule has 0 aliphatic heterocycles. The van der Waals surface area contributed by atoms with Crippen molar-refractivity contribution in [2.75, 3.05) is 13.1 Å². The van der Waals surface area contributed by atoms with E-state index in [9.17, 15) is 4.39 Å². The summed E-state index contributed by atoms with van der Waals surface area (Å²) in [7, 11) is 0. The molecule has 0 amide bonds. The SMILES string of the molecule is CC(C)CNCC=Cc1ccc(-c2ccc(F)cc2)s1. The van der Waals surface area contributed by atoms with Crippen molar-refractivity contribution >= 4 is 17.4 Å². The molecule has 1 nitrogen and oxygen atoms in total. The molecular weight excluding hydrogens is 269 g/mol. The van der Waals surface area contributed by atoms with Crippen LogP contribution in [-0.4, -0.2) is 13.1 Å². The third-order valence-electron chi connectivity index (χ3n) is 2.85. The van der Waals surface area contributed by atoms with Crippen molar-refractivity contribution in [2.45, 2.75) is 13.8 Å². The van der Waals surface area contributed by atoms with E-state index in [1.54, 1.807) is 11.3 Å². The zero-order chi connectivity index (χ0) is 14.4. The normalized spacial score (nSPS) is 11.6. The lowest BCUT2D eigenvalue weighted by Crippen LogP contribution is -2.19. The maximum Gasteiger partial charge on any atom is 0.123 e. The van der Waals surface area contributed by atoms with Gasteiger partial charge in [0, 0.05) is 16.3 Å². The van der Waals surface area contributed by atoms with Gasteiger partial charge in [0.05, 0.1) is 0 Å². The molecule has 0 radical (unpaired) electrons. The number of benzene rings is 1. The molecule has 0 fully saturated rings. The van der Waals surface area contributed by atoms with Gasteiger partial charge in [-0.15, -0.1) is 11.3 Å². The second-order valence-corrected chi connectivity index (χ2v) is 6.28. The molecule has 2 aromatic rings. The molecule has 3 heteroatoms. The molecule has 1 aromatic carbocycles. The Balaban J connectivity index is 1.92. The van der Waals surface area contributed by atoms with Crippen molar-refractivity contribution in [3.8, 4) is 10.4 Å². The van der Waals surface area contributed by atoms with Gasteiger partial charge < -0.3 is 5.32 Å². The molecule has 1 aromatic heterocycles. The van der Waals surface area contributed by atoms with Crippen LogP contribution in [0.3, 0.4) is 0 Å². The van der Waals surface area contributed by atoms with Gasteiger partial charge in [-0.1, -0.05) is 32.1 Å². The van der Waals surface area contributed by atoms with Crippen LogP contribution in [0.15, 0.2) is 42.5 Å². The minimum atomic E-state index is -0.193. The van der Waals surface area contributed by atoms with Gasteiger partial charge in [-0.25, -0.2) is 4.39 Å². The van der Waals surface area contributed by atoms with Gasteiger partial charge in [0.25, 0.3) is 0 Å². The average Bonchev–Trinajstić information content (AvgIpc) is 2.87. The first-order valence-electron chi connectivity index (χ1n) is 6.88. The molecular formula is C17H20FNS. The fourth-order valence-electron chi connectivity index (χ4n) is 1.84. The zero-order valence-electron chi connectivity index (χ0n) is 11.9. The lowest BCUT2D eigenvalue weighted by atomic mass is 10.2. The standard InChI is InChI=1S/C17H20FNS/c1-13(2)12-19-11-3-4-16-9-10-17(20-16)14-5-7-15(18)8-6-14/h3-10,13,19H,11-12H2,1-2H3. The van der Waals surface area contributed by atoms with E-state index < -0.39 is 0 Å². The smallest absolute Gasteiger partial charge is 0.123 e. The second kappa shape index (κ2) is 7.36. The van der Waals surface area contributed by atoms with E-state index >= 15 is 0 Å². The summed E-state index contributed by atoms with van der Waals surface area (Å²) in [5.41, 5.74) is 1.06. The lowest BCUT2D eigenvalue weighted by Gasteiger charge is -2.03. The van der Waals surface area contributed by atoms with Crippen LogP contribution < -0.4 is 5.32 Å². The van der Waals surface area contributed by atoms with E-state index in [4.69, 9.17) is 0 Å². The summed E-state index contributed by atoms with van der Waals surface area (Å²) in [6, 6.07) is 10.8. The highest BCUT2D eigenvalue weighted by molar-refractivity contribution is 7.16. The fraction of sp³-hybridized carbons (Fsp3) is 0.294. The molecule has 1 heterocycles. The van der Waals surface area contributed by atoms with Gasteiger partial charge in [-0.05, 0) is 48.4 Å². The largest absolute Gasteiger partial charge is 0.313 e.